The number of aliphatic hydroxyl groups excluding tert-OH is 1. The Labute approximate surface area is 67.3 Å². The summed E-state index contributed by atoms with van der Waals surface area (Å²) in [5.74, 6) is 2.21. The van der Waals surface area contributed by atoms with Crippen LogP contribution < -0.4 is 0 Å². The number of hydrogen-bond acceptors (Lipinski definition) is 3. The summed E-state index contributed by atoms with van der Waals surface area (Å²) < 4.78 is 21.6. The monoisotopic (exact) mass is 176 g/mol. The second-order valence-electron chi connectivity index (χ2n) is 2.51. The smallest absolute Gasteiger partial charge is 0.152 e. The van der Waals surface area contributed by atoms with Gasteiger partial charge in [0.2, 0.25) is 0 Å². The highest BCUT2D eigenvalue weighted by Crippen LogP contribution is 2.06. The van der Waals surface area contributed by atoms with Crippen molar-refractivity contribution in [3.05, 3.63) is 0 Å². The van der Waals surface area contributed by atoms with Crippen LogP contribution in [0.3, 0.4) is 0 Å². The highest BCUT2D eigenvalue weighted by Gasteiger charge is 2.22. The van der Waals surface area contributed by atoms with E-state index in [-0.39, 0.29) is 6.42 Å². The van der Waals surface area contributed by atoms with Crippen LogP contribution in [0.5, 0.6) is 0 Å². The molecular formula is C7H12O3S. The van der Waals surface area contributed by atoms with Gasteiger partial charge in [-0.1, -0.05) is 0 Å². The largest absolute Gasteiger partial charge is 0.391 e. The lowest BCUT2D eigenvalue weighted by molar-refractivity contribution is 0.178. The molecule has 0 aromatic rings. The van der Waals surface area contributed by atoms with Crippen LogP contribution in [0.4, 0.5) is 0 Å². The zero-order valence-corrected chi connectivity index (χ0v) is 7.43. The van der Waals surface area contributed by atoms with Crippen LogP contribution >= 0.6 is 0 Å². The molecular weight excluding hydrogens is 164 g/mol. The van der Waals surface area contributed by atoms with E-state index in [0.717, 1.165) is 6.26 Å². The first kappa shape index (κ1) is 10.5. The first-order chi connectivity index (χ1) is 4.89. The number of rotatable bonds is 3. The van der Waals surface area contributed by atoms with Crippen molar-refractivity contribution < 1.29 is 13.5 Å². The molecule has 0 aliphatic heterocycles. The van der Waals surface area contributed by atoms with E-state index in [1.807, 2.05) is 0 Å². The minimum Gasteiger partial charge on any atom is -0.391 e. The van der Waals surface area contributed by atoms with Gasteiger partial charge in [0, 0.05) is 12.7 Å². The summed E-state index contributed by atoms with van der Waals surface area (Å²) in [4.78, 5) is 0. The number of terminal acetylenes is 1. The Balaban J connectivity index is 4.28. The van der Waals surface area contributed by atoms with E-state index in [4.69, 9.17) is 11.5 Å². The first-order valence-corrected chi connectivity index (χ1v) is 5.15. The van der Waals surface area contributed by atoms with Gasteiger partial charge in [0.25, 0.3) is 0 Å². The summed E-state index contributed by atoms with van der Waals surface area (Å²) in [5.41, 5.74) is 0. The Morgan fingerprint density at radius 2 is 2.09 bits per heavy atom. The van der Waals surface area contributed by atoms with Crippen molar-refractivity contribution in [1.29, 1.82) is 0 Å². The van der Waals surface area contributed by atoms with Crippen LogP contribution in [0.2, 0.25) is 0 Å². The molecule has 2 unspecified atom stereocenters. The molecule has 0 saturated heterocycles. The van der Waals surface area contributed by atoms with Gasteiger partial charge in [-0.05, 0) is 6.92 Å². The number of sulfone groups is 1. The maximum Gasteiger partial charge on any atom is 0.152 e. The normalized spacial score (nSPS) is 16.9. The van der Waals surface area contributed by atoms with Crippen LogP contribution in [-0.2, 0) is 9.84 Å². The third kappa shape index (κ3) is 3.40. The van der Waals surface area contributed by atoms with E-state index in [9.17, 15) is 8.42 Å². The predicted molar refractivity (Wildman–Crippen MR) is 43.8 cm³/mol. The van der Waals surface area contributed by atoms with Crippen LogP contribution in [0.15, 0.2) is 0 Å². The molecule has 0 aromatic heterocycles. The molecule has 0 spiro atoms. The fraction of sp³-hybridized carbons (Fsp3) is 0.714. The van der Waals surface area contributed by atoms with Crippen molar-refractivity contribution in [2.24, 2.45) is 0 Å². The van der Waals surface area contributed by atoms with Crippen LogP contribution in [0.1, 0.15) is 13.3 Å². The lowest BCUT2D eigenvalue weighted by Crippen LogP contribution is -2.30. The molecule has 4 heteroatoms. The molecule has 1 N–H and O–H groups in total. The Morgan fingerprint density at radius 3 is 2.36 bits per heavy atom. The van der Waals surface area contributed by atoms with Crippen molar-refractivity contribution in [2.75, 3.05) is 6.26 Å². The van der Waals surface area contributed by atoms with E-state index in [2.05, 4.69) is 5.92 Å². The summed E-state index contributed by atoms with van der Waals surface area (Å²) in [5, 5.41) is 8.35. The van der Waals surface area contributed by atoms with Gasteiger partial charge in [0.1, 0.15) is 0 Å². The summed E-state index contributed by atoms with van der Waals surface area (Å²) in [6.45, 7) is 1.44. The van der Waals surface area contributed by atoms with Gasteiger partial charge in [-0.15, -0.1) is 12.3 Å². The van der Waals surface area contributed by atoms with Crippen molar-refractivity contribution in [2.45, 2.75) is 24.7 Å². The third-order valence-corrected chi connectivity index (χ3v) is 3.21. The molecule has 0 amide bonds. The molecule has 0 radical (unpaired) electrons. The standard InChI is InChI=1S/C7H12O3S/c1-4-5-7(8)6(2)11(3,9)10/h1,6-8H,5H2,2-3H3. The zero-order valence-electron chi connectivity index (χ0n) is 6.61. The van der Waals surface area contributed by atoms with E-state index in [1.165, 1.54) is 6.92 Å². The Morgan fingerprint density at radius 1 is 1.64 bits per heavy atom. The molecule has 0 aromatic carbocycles. The molecule has 0 aliphatic rings. The molecule has 0 heterocycles. The highest BCUT2D eigenvalue weighted by atomic mass is 32.2. The van der Waals surface area contributed by atoms with E-state index < -0.39 is 21.2 Å². The van der Waals surface area contributed by atoms with Gasteiger partial charge in [-0.3, -0.25) is 0 Å². The van der Waals surface area contributed by atoms with Gasteiger partial charge < -0.3 is 5.11 Å². The molecule has 0 saturated carbocycles. The van der Waals surface area contributed by atoms with Crippen LogP contribution in [0, 0.1) is 12.3 Å². The van der Waals surface area contributed by atoms with Crippen molar-refractivity contribution in [3.63, 3.8) is 0 Å². The van der Waals surface area contributed by atoms with Gasteiger partial charge in [0.05, 0.1) is 11.4 Å². The van der Waals surface area contributed by atoms with Gasteiger partial charge in [-0.25, -0.2) is 8.42 Å². The first-order valence-electron chi connectivity index (χ1n) is 3.20. The molecule has 2 atom stereocenters. The second-order valence-corrected chi connectivity index (χ2v) is 4.91. The molecule has 64 valence electrons. The fourth-order valence-corrected chi connectivity index (χ4v) is 1.24. The van der Waals surface area contributed by atoms with Crippen LogP contribution in [0.25, 0.3) is 0 Å². The summed E-state index contributed by atoms with van der Waals surface area (Å²) in [7, 11) is -3.17. The maximum absolute atomic E-state index is 10.8. The maximum atomic E-state index is 10.8. The Bertz CT molecular complexity index is 247. The zero-order chi connectivity index (χ0) is 9.07. The number of hydrogen-bond donors (Lipinski definition) is 1. The summed E-state index contributed by atoms with van der Waals surface area (Å²) in [6.07, 6.45) is 5.11. The molecule has 11 heavy (non-hydrogen) atoms. The Hall–Kier alpha value is -0.530. The second kappa shape index (κ2) is 3.74. The Kier molecular flexibility index (Phi) is 3.56. The predicted octanol–water partition coefficient (Wildman–Crippen LogP) is -0.196. The average Bonchev–Trinajstić information content (AvgIpc) is 1.85. The van der Waals surface area contributed by atoms with Crippen LogP contribution in [-0.4, -0.2) is 31.1 Å². The topological polar surface area (TPSA) is 54.4 Å². The molecule has 0 aliphatic carbocycles. The summed E-state index contributed by atoms with van der Waals surface area (Å²) >= 11 is 0. The van der Waals surface area contributed by atoms with Crippen molar-refractivity contribution >= 4 is 9.84 Å². The SMILES string of the molecule is C#CCC(O)C(C)S(C)(=O)=O. The lowest BCUT2D eigenvalue weighted by Gasteiger charge is -2.13. The van der Waals surface area contributed by atoms with E-state index >= 15 is 0 Å². The van der Waals surface area contributed by atoms with Crippen molar-refractivity contribution in [1.82, 2.24) is 0 Å². The minimum absolute atomic E-state index is 0.0776. The third-order valence-electron chi connectivity index (χ3n) is 1.54. The van der Waals surface area contributed by atoms with E-state index in [0.29, 0.717) is 0 Å². The lowest BCUT2D eigenvalue weighted by atomic mass is 10.2. The van der Waals surface area contributed by atoms with E-state index in [1.54, 1.807) is 0 Å². The number of aliphatic hydroxyl groups is 1. The quantitative estimate of drug-likeness (QED) is 0.606. The average molecular weight is 176 g/mol. The van der Waals surface area contributed by atoms with Gasteiger partial charge in [-0.2, -0.15) is 0 Å². The molecule has 3 nitrogen and oxygen atoms in total. The fourth-order valence-electron chi connectivity index (χ4n) is 0.572. The van der Waals surface area contributed by atoms with Crippen molar-refractivity contribution in [3.8, 4) is 12.3 Å². The molecule has 0 fully saturated rings. The van der Waals surface area contributed by atoms with Gasteiger partial charge in [0.15, 0.2) is 9.84 Å². The molecule has 0 rings (SSSR count). The highest BCUT2D eigenvalue weighted by molar-refractivity contribution is 7.91. The molecule has 0 bridgehead atoms. The minimum atomic E-state index is -3.17. The van der Waals surface area contributed by atoms with Gasteiger partial charge >= 0.3 is 0 Å². The summed E-state index contributed by atoms with van der Waals surface area (Å²) in [6, 6.07) is 0.